The van der Waals surface area contributed by atoms with Gasteiger partial charge >= 0.3 is 0 Å². The molecular weight excluding hydrogens is 288 g/mol. The highest BCUT2D eigenvalue weighted by Crippen LogP contribution is 2.32. The van der Waals surface area contributed by atoms with Gasteiger partial charge in [-0.25, -0.2) is 0 Å². The maximum atomic E-state index is 12.8. The van der Waals surface area contributed by atoms with Crippen molar-refractivity contribution in [3.8, 4) is 0 Å². The number of aromatic nitrogens is 2. The summed E-state index contributed by atoms with van der Waals surface area (Å²) in [6.45, 7) is 8.21. The van der Waals surface area contributed by atoms with Gasteiger partial charge in [-0.15, -0.1) is 10.2 Å². The number of carbonyl (C=O) groups is 1. The summed E-state index contributed by atoms with van der Waals surface area (Å²) < 4.78 is 0. The highest BCUT2D eigenvalue weighted by molar-refractivity contribution is 6.06. The molecule has 0 radical (unpaired) electrons. The van der Waals surface area contributed by atoms with Crippen molar-refractivity contribution < 1.29 is 4.79 Å². The third-order valence-corrected chi connectivity index (χ3v) is 3.81. The Labute approximate surface area is 136 Å². The zero-order valence-corrected chi connectivity index (χ0v) is 14.0. The van der Waals surface area contributed by atoms with Gasteiger partial charge in [-0.05, 0) is 57.9 Å². The van der Waals surface area contributed by atoms with Gasteiger partial charge in [0.15, 0.2) is 5.69 Å². The van der Waals surface area contributed by atoms with Crippen LogP contribution in [0, 0.1) is 0 Å². The molecule has 1 aromatic carbocycles. The van der Waals surface area contributed by atoms with Crippen LogP contribution in [-0.4, -0.2) is 27.7 Å². The topological polar surface area (TPSA) is 58.1 Å². The second kappa shape index (κ2) is 5.65. The lowest BCUT2D eigenvalue weighted by Crippen LogP contribution is -2.36. The van der Waals surface area contributed by atoms with E-state index in [1.165, 1.54) is 5.56 Å². The van der Waals surface area contributed by atoms with E-state index >= 15 is 0 Å². The monoisotopic (exact) mass is 310 g/mol. The van der Waals surface area contributed by atoms with Gasteiger partial charge in [-0.2, -0.15) is 0 Å². The van der Waals surface area contributed by atoms with E-state index in [1.54, 1.807) is 12.1 Å². The van der Waals surface area contributed by atoms with Gasteiger partial charge in [0.25, 0.3) is 5.91 Å². The van der Waals surface area contributed by atoms with E-state index in [1.807, 2.05) is 23.1 Å². The maximum Gasteiger partial charge on any atom is 0.279 e. The van der Waals surface area contributed by atoms with Crippen LogP contribution < -0.4 is 10.2 Å². The number of amides is 1. The van der Waals surface area contributed by atoms with Gasteiger partial charge in [-0.1, -0.05) is 18.2 Å². The van der Waals surface area contributed by atoms with Crippen molar-refractivity contribution >= 4 is 17.4 Å². The molecule has 0 saturated carbocycles. The molecule has 1 unspecified atom stereocenters. The molecular formula is C18H22N4O. The molecule has 1 aliphatic heterocycles. The number of para-hydroxylation sites is 1. The lowest BCUT2D eigenvalue weighted by Gasteiger charge is -2.23. The number of fused-ring (bicyclic) bond motifs is 1. The molecule has 0 aliphatic carbocycles. The summed E-state index contributed by atoms with van der Waals surface area (Å²) in [5.74, 6) is 0.571. The van der Waals surface area contributed by atoms with Crippen molar-refractivity contribution in [3.63, 3.8) is 0 Å². The molecule has 0 spiro atoms. The van der Waals surface area contributed by atoms with E-state index in [2.05, 4.69) is 49.3 Å². The second-order valence-corrected chi connectivity index (χ2v) is 7.04. The molecule has 5 nitrogen and oxygen atoms in total. The number of benzene rings is 1. The summed E-state index contributed by atoms with van der Waals surface area (Å²) in [5, 5.41) is 11.5. The van der Waals surface area contributed by atoms with Gasteiger partial charge in [0.2, 0.25) is 0 Å². The molecule has 120 valence electrons. The van der Waals surface area contributed by atoms with E-state index in [-0.39, 0.29) is 17.5 Å². The Kier molecular flexibility index (Phi) is 3.80. The van der Waals surface area contributed by atoms with Gasteiger partial charge in [0, 0.05) is 17.3 Å². The number of anilines is 2. The first-order valence-corrected chi connectivity index (χ1v) is 7.88. The minimum Gasteiger partial charge on any atom is -0.364 e. The normalized spacial score (nSPS) is 17.0. The summed E-state index contributed by atoms with van der Waals surface area (Å²) in [5.41, 5.74) is 2.45. The molecule has 1 atom stereocenters. The molecule has 2 heterocycles. The van der Waals surface area contributed by atoms with Crippen LogP contribution in [0.5, 0.6) is 0 Å². The number of nitrogens with zero attached hydrogens (tertiary/aromatic N) is 3. The molecule has 1 amide bonds. The minimum absolute atomic E-state index is 0.0946. The standard InChI is InChI=1S/C18H22N4O/c1-12-11-13-7-5-6-8-15(13)22(12)17(23)14-9-10-16(21-20-14)19-18(2,3)4/h5-10,12H,11H2,1-4H3,(H,19,21). The largest absolute Gasteiger partial charge is 0.364 e. The second-order valence-electron chi connectivity index (χ2n) is 7.04. The maximum absolute atomic E-state index is 12.8. The van der Waals surface area contributed by atoms with Gasteiger partial charge in [-0.3, -0.25) is 4.79 Å². The van der Waals surface area contributed by atoms with Crippen LogP contribution in [0.1, 0.15) is 43.7 Å². The molecule has 1 N–H and O–H groups in total. The first kappa shape index (κ1) is 15.5. The van der Waals surface area contributed by atoms with Crippen LogP contribution in [0.2, 0.25) is 0 Å². The van der Waals surface area contributed by atoms with Crippen molar-refractivity contribution in [1.82, 2.24) is 10.2 Å². The first-order chi connectivity index (χ1) is 10.8. The van der Waals surface area contributed by atoms with Crippen molar-refractivity contribution in [1.29, 1.82) is 0 Å². The fourth-order valence-corrected chi connectivity index (χ4v) is 2.90. The van der Waals surface area contributed by atoms with Crippen molar-refractivity contribution in [3.05, 3.63) is 47.7 Å². The van der Waals surface area contributed by atoms with E-state index < -0.39 is 0 Å². The Balaban J connectivity index is 1.84. The lowest BCUT2D eigenvalue weighted by atomic mass is 10.1. The molecule has 2 aromatic rings. The summed E-state index contributed by atoms with van der Waals surface area (Å²) in [4.78, 5) is 14.6. The average Bonchev–Trinajstić information content (AvgIpc) is 2.81. The molecule has 23 heavy (non-hydrogen) atoms. The van der Waals surface area contributed by atoms with Crippen LogP contribution in [0.3, 0.4) is 0 Å². The zero-order valence-electron chi connectivity index (χ0n) is 14.0. The Morgan fingerprint density at radius 1 is 1.17 bits per heavy atom. The third-order valence-electron chi connectivity index (χ3n) is 3.81. The van der Waals surface area contributed by atoms with Crippen LogP contribution in [0.25, 0.3) is 0 Å². The molecule has 0 fully saturated rings. The van der Waals surface area contributed by atoms with E-state index in [4.69, 9.17) is 0 Å². The number of hydrogen-bond acceptors (Lipinski definition) is 4. The summed E-state index contributed by atoms with van der Waals surface area (Å²) in [6.07, 6.45) is 0.874. The van der Waals surface area contributed by atoms with Crippen molar-refractivity contribution in [2.24, 2.45) is 0 Å². The molecule has 1 aliphatic rings. The fourth-order valence-electron chi connectivity index (χ4n) is 2.90. The Morgan fingerprint density at radius 3 is 2.57 bits per heavy atom. The number of hydrogen-bond donors (Lipinski definition) is 1. The number of nitrogens with one attached hydrogen (secondary N) is 1. The SMILES string of the molecule is CC1Cc2ccccc2N1C(=O)c1ccc(NC(C)(C)C)nn1. The van der Waals surface area contributed by atoms with Gasteiger partial charge < -0.3 is 10.2 Å². The summed E-state index contributed by atoms with van der Waals surface area (Å²) >= 11 is 0. The first-order valence-electron chi connectivity index (χ1n) is 7.88. The molecule has 0 saturated heterocycles. The number of rotatable bonds is 2. The van der Waals surface area contributed by atoms with E-state index in [0.717, 1.165) is 12.1 Å². The molecule has 5 heteroatoms. The quantitative estimate of drug-likeness (QED) is 0.925. The molecule has 1 aromatic heterocycles. The van der Waals surface area contributed by atoms with Crippen molar-refractivity contribution in [2.75, 3.05) is 10.2 Å². The highest BCUT2D eigenvalue weighted by Gasteiger charge is 2.32. The van der Waals surface area contributed by atoms with Crippen molar-refractivity contribution in [2.45, 2.75) is 45.7 Å². The molecule has 0 bridgehead atoms. The van der Waals surface area contributed by atoms with Gasteiger partial charge in [0.1, 0.15) is 5.82 Å². The summed E-state index contributed by atoms with van der Waals surface area (Å²) in [6, 6.07) is 11.7. The van der Waals surface area contributed by atoms with Crippen LogP contribution >= 0.6 is 0 Å². The van der Waals surface area contributed by atoms with Crippen LogP contribution in [-0.2, 0) is 6.42 Å². The lowest BCUT2D eigenvalue weighted by molar-refractivity contribution is 0.0975. The predicted molar refractivity (Wildman–Crippen MR) is 91.8 cm³/mol. The van der Waals surface area contributed by atoms with E-state index in [0.29, 0.717) is 11.5 Å². The Hall–Kier alpha value is -2.43. The van der Waals surface area contributed by atoms with Crippen LogP contribution in [0.4, 0.5) is 11.5 Å². The summed E-state index contributed by atoms with van der Waals surface area (Å²) in [7, 11) is 0. The smallest absolute Gasteiger partial charge is 0.279 e. The Morgan fingerprint density at radius 2 is 1.91 bits per heavy atom. The Bertz CT molecular complexity index is 719. The fraction of sp³-hybridized carbons (Fsp3) is 0.389. The van der Waals surface area contributed by atoms with E-state index in [9.17, 15) is 4.79 Å². The van der Waals surface area contributed by atoms with Crippen LogP contribution in [0.15, 0.2) is 36.4 Å². The number of carbonyl (C=O) groups excluding carboxylic acids is 1. The van der Waals surface area contributed by atoms with Gasteiger partial charge in [0.05, 0.1) is 0 Å². The zero-order chi connectivity index (χ0) is 16.6. The highest BCUT2D eigenvalue weighted by atomic mass is 16.2. The minimum atomic E-state index is -0.0998. The predicted octanol–water partition coefficient (Wildman–Crippen LogP) is 3.28. The average molecular weight is 310 g/mol. The molecule has 3 rings (SSSR count). The third kappa shape index (κ3) is 3.18.